The van der Waals surface area contributed by atoms with Gasteiger partial charge in [-0.05, 0) is 56.8 Å². The standard InChI is InChI=1S/C27H41ClN4O2/c1-6-8-9-12-32-19(4)13-18(3)24(27(32)34)17-30-26(33)23-14-21(28)15-25(20(23)5)31(7-2)22-10-11-29-16-22/h14-15,18,22,24,29H,6-13,16-17H2,1-5H3/p+1. The molecular weight excluding hydrogens is 448 g/mol. The molecule has 6 nitrogen and oxygen atoms in total. The number of carbonyl (C=O) groups excluding carboxylic acids is 2. The Bertz CT molecular complexity index is 923. The first-order valence-corrected chi connectivity index (χ1v) is 13.4. The number of carbonyl (C=O) groups is 2. The van der Waals surface area contributed by atoms with Crippen LogP contribution in [0.15, 0.2) is 12.1 Å². The second-order valence-electron chi connectivity index (χ2n) is 9.96. The van der Waals surface area contributed by atoms with Gasteiger partial charge in [0.25, 0.3) is 5.91 Å². The maximum atomic E-state index is 13.3. The molecule has 2 aliphatic heterocycles. The maximum Gasteiger partial charge on any atom is 0.391 e. The minimum Gasteiger partial charge on any atom is -0.367 e. The fourth-order valence-electron chi connectivity index (χ4n) is 5.49. The third-order valence-electron chi connectivity index (χ3n) is 7.53. The highest BCUT2D eigenvalue weighted by Gasteiger charge is 2.40. The fraction of sp³-hybridized carbons (Fsp3) is 0.667. The van der Waals surface area contributed by atoms with Gasteiger partial charge in [-0.1, -0.05) is 31.9 Å². The molecule has 0 spiro atoms. The molecule has 7 heteroatoms. The summed E-state index contributed by atoms with van der Waals surface area (Å²) in [6, 6.07) is 4.11. The Morgan fingerprint density at radius 2 is 2.03 bits per heavy atom. The molecule has 0 bridgehead atoms. The molecule has 3 unspecified atom stereocenters. The molecule has 2 aliphatic rings. The van der Waals surface area contributed by atoms with Crippen molar-refractivity contribution in [3.05, 3.63) is 28.3 Å². The van der Waals surface area contributed by atoms with Gasteiger partial charge < -0.3 is 15.5 Å². The molecule has 1 aromatic carbocycles. The highest BCUT2D eigenvalue weighted by atomic mass is 35.5. The van der Waals surface area contributed by atoms with Gasteiger partial charge in [-0.3, -0.25) is 4.79 Å². The molecule has 188 valence electrons. The molecule has 1 fully saturated rings. The zero-order chi connectivity index (χ0) is 24.8. The molecule has 0 radical (unpaired) electrons. The molecule has 1 aromatic rings. The number of benzene rings is 1. The van der Waals surface area contributed by atoms with E-state index in [2.05, 4.69) is 43.2 Å². The summed E-state index contributed by atoms with van der Waals surface area (Å²) >= 11 is 6.48. The van der Waals surface area contributed by atoms with Crippen LogP contribution in [0.3, 0.4) is 0 Å². The number of halogens is 1. The van der Waals surface area contributed by atoms with E-state index in [1.165, 1.54) is 0 Å². The molecule has 0 aromatic heterocycles. The van der Waals surface area contributed by atoms with Crippen molar-refractivity contribution in [2.24, 2.45) is 11.8 Å². The number of unbranched alkanes of at least 4 members (excludes halogenated alkanes) is 2. The Kier molecular flexibility index (Phi) is 9.55. The van der Waals surface area contributed by atoms with Gasteiger partial charge in [0.15, 0.2) is 12.3 Å². The topological polar surface area (TPSA) is 64.5 Å². The van der Waals surface area contributed by atoms with Crippen LogP contribution in [-0.4, -0.2) is 60.9 Å². The van der Waals surface area contributed by atoms with E-state index in [0.29, 0.717) is 23.2 Å². The van der Waals surface area contributed by atoms with E-state index in [9.17, 15) is 9.59 Å². The zero-order valence-corrected chi connectivity index (χ0v) is 22.3. The van der Waals surface area contributed by atoms with Crippen LogP contribution in [0.1, 0.15) is 75.7 Å². The summed E-state index contributed by atoms with van der Waals surface area (Å²) in [5, 5.41) is 7.05. The Morgan fingerprint density at radius 1 is 1.26 bits per heavy atom. The lowest BCUT2D eigenvalue weighted by Crippen LogP contribution is -2.46. The van der Waals surface area contributed by atoms with Gasteiger partial charge in [0.1, 0.15) is 5.92 Å². The Balaban J connectivity index is 1.74. The highest BCUT2D eigenvalue weighted by Crippen LogP contribution is 2.31. The van der Waals surface area contributed by atoms with E-state index in [-0.39, 0.29) is 23.7 Å². The molecule has 1 saturated heterocycles. The first-order valence-electron chi connectivity index (χ1n) is 13.0. The zero-order valence-electron chi connectivity index (χ0n) is 21.5. The van der Waals surface area contributed by atoms with Gasteiger partial charge in [0, 0.05) is 61.7 Å². The number of anilines is 1. The lowest BCUT2D eigenvalue weighted by molar-refractivity contribution is -0.460. The average Bonchev–Trinajstić information content (AvgIpc) is 3.32. The van der Waals surface area contributed by atoms with Gasteiger partial charge in [0.05, 0.1) is 0 Å². The van der Waals surface area contributed by atoms with Gasteiger partial charge in [-0.15, -0.1) is 0 Å². The molecule has 0 saturated carbocycles. The van der Waals surface area contributed by atoms with Crippen molar-refractivity contribution in [2.75, 3.05) is 37.6 Å². The lowest BCUT2D eigenvalue weighted by atomic mass is 9.85. The predicted octanol–water partition coefficient (Wildman–Crippen LogP) is 4.41. The minimum absolute atomic E-state index is 0.141. The number of likely N-dealkylation sites (N-methyl/N-ethyl adjacent to an activating group) is 1. The summed E-state index contributed by atoms with van der Waals surface area (Å²) < 4.78 is 1.95. The Labute approximate surface area is 210 Å². The van der Waals surface area contributed by atoms with E-state index in [0.717, 1.165) is 75.2 Å². The number of nitrogens with zero attached hydrogens (tertiary/aromatic N) is 2. The summed E-state index contributed by atoms with van der Waals surface area (Å²) in [4.78, 5) is 28.9. The number of hydrogen-bond acceptors (Lipinski definition) is 4. The lowest BCUT2D eigenvalue weighted by Gasteiger charge is -2.32. The fourth-order valence-corrected chi connectivity index (χ4v) is 5.70. The smallest absolute Gasteiger partial charge is 0.367 e. The average molecular weight is 490 g/mol. The van der Waals surface area contributed by atoms with Gasteiger partial charge in [-0.2, -0.15) is 4.58 Å². The Morgan fingerprint density at radius 3 is 2.68 bits per heavy atom. The molecule has 3 rings (SSSR count). The first kappa shape index (κ1) is 26.7. The first-order chi connectivity index (χ1) is 16.3. The minimum atomic E-state index is -0.204. The summed E-state index contributed by atoms with van der Waals surface area (Å²) in [7, 11) is 0. The van der Waals surface area contributed by atoms with Crippen LogP contribution in [-0.2, 0) is 4.79 Å². The number of nitrogens with one attached hydrogen (secondary N) is 2. The summed E-state index contributed by atoms with van der Waals surface area (Å²) in [5.41, 5.74) is 3.69. The second-order valence-corrected chi connectivity index (χ2v) is 10.4. The number of rotatable bonds is 10. The third-order valence-corrected chi connectivity index (χ3v) is 7.75. The van der Waals surface area contributed by atoms with Crippen molar-refractivity contribution in [3.8, 4) is 0 Å². The predicted molar refractivity (Wildman–Crippen MR) is 140 cm³/mol. The molecule has 34 heavy (non-hydrogen) atoms. The maximum absolute atomic E-state index is 13.3. The van der Waals surface area contributed by atoms with Crippen LogP contribution in [0.5, 0.6) is 0 Å². The van der Waals surface area contributed by atoms with Crippen LogP contribution in [0, 0.1) is 18.8 Å². The highest BCUT2D eigenvalue weighted by molar-refractivity contribution is 6.31. The van der Waals surface area contributed by atoms with E-state index in [4.69, 9.17) is 11.6 Å². The van der Waals surface area contributed by atoms with Crippen molar-refractivity contribution in [1.82, 2.24) is 10.6 Å². The van der Waals surface area contributed by atoms with Crippen molar-refractivity contribution < 1.29 is 14.2 Å². The molecule has 0 aliphatic carbocycles. The van der Waals surface area contributed by atoms with Crippen LogP contribution in [0.4, 0.5) is 5.69 Å². The number of amides is 2. The second kappa shape index (κ2) is 12.2. The molecule has 2 heterocycles. The SMILES string of the molecule is CCCCC[N+]1=C(C)CC(C)C(CNC(=O)c2cc(Cl)cc(N(CC)C3CCNC3)c2C)C1=O. The van der Waals surface area contributed by atoms with Crippen molar-refractivity contribution >= 4 is 34.8 Å². The quantitative estimate of drug-likeness (QED) is 0.377. The van der Waals surface area contributed by atoms with E-state index in [1.807, 2.05) is 17.6 Å². The van der Waals surface area contributed by atoms with Crippen LogP contribution in [0.2, 0.25) is 5.02 Å². The molecule has 3 atom stereocenters. The van der Waals surface area contributed by atoms with Crippen molar-refractivity contribution in [1.29, 1.82) is 0 Å². The van der Waals surface area contributed by atoms with E-state index >= 15 is 0 Å². The molecule has 2 amide bonds. The van der Waals surface area contributed by atoms with Crippen LogP contribution < -0.4 is 15.5 Å². The van der Waals surface area contributed by atoms with Crippen LogP contribution >= 0.6 is 11.6 Å². The largest absolute Gasteiger partial charge is 0.391 e. The summed E-state index contributed by atoms with van der Waals surface area (Å²) in [5.74, 6) is -0.0191. The van der Waals surface area contributed by atoms with Gasteiger partial charge >= 0.3 is 5.91 Å². The summed E-state index contributed by atoms with van der Waals surface area (Å²) in [6.07, 6.45) is 5.23. The van der Waals surface area contributed by atoms with Gasteiger partial charge in [0.2, 0.25) is 0 Å². The van der Waals surface area contributed by atoms with Gasteiger partial charge in [-0.25, -0.2) is 4.79 Å². The Hall–Kier alpha value is -1.92. The van der Waals surface area contributed by atoms with E-state index in [1.54, 1.807) is 6.07 Å². The normalized spacial score (nSPS) is 22.9. The third kappa shape index (κ3) is 6.01. The number of hydrogen-bond donors (Lipinski definition) is 2. The van der Waals surface area contributed by atoms with Crippen molar-refractivity contribution in [2.45, 2.75) is 72.8 Å². The van der Waals surface area contributed by atoms with Crippen molar-refractivity contribution in [3.63, 3.8) is 0 Å². The molecular formula is C27H42ClN4O2+. The monoisotopic (exact) mass is 489 g/mol. The van der Waals surface area contributed by atoms with Crippen LogP contribution in [0.25, 0.3) is 0 Å². The van der Waals surface area contributed by atoms with E-state index < -0.39 is 0 Å². The molecule has 2 N–H and O–H groups in total. The summed E-state index contributed by atoms with van der Waals surface area (Å²) in [6.45, 7) is 14.4.